The molecule has 0 aliphatic carbocycles. The quantitative estimate of drug-likeness (QED) is 0.485. The lowest BCUT2D eigenvalue weighted by molar-refractivity contribution is -0.0947. The summed E-state index contributed by atoms with van der Waals surface area (Å²) in [4.78, 5) is 14.7. The van der Waals surface area contributed by atoms with Gasteiger partial charge in [-0.05, 0) is 13.0 Å². The highest BCUT2D eigenvalue weighted by molar-refractivity contribution is 6.09. The lowest BCUT2D eigenvalue weighted by atomic mass is 9.96. The third-order valence-electron chi connectivity index (χ3n) is 4.73. The maximum absolute atomic E-state index is 10.8. The first-order valence-electron chi connectivity index (χ1n) is 8.39. The van der Waals surface area contributed by atoms with Gasteiger partial charge in [0.2, 0.25) is 0 Å². The number of aliphatic hydroxyl groups excluding tert-OH is 2. The summed E-state index contributed by atoms with van der Waals surface area (Å²) in [6, 6.07) is 1.55. The van der Waals surface area contributed by atoms with Crippen LogP contribution in [0.5, 0.6) is 0 Å². The molecular weight excluding hydrogens is 338 g/mol. The summed E-state index contributed by atoms with van der Waals surface area (Å²) in [6.07, 6.45) is -2.10. The Kier molecular flexibility index (Phi) is 3.35. The molecular formula is C17H17N5O4. The normalized spacial score (nSPS) is 29.2. The van der Waals surface area contributed by atoms with Crippen LogP contribution in [0.15, 0.2) is 18.6 Å². The summed E-state index contributed by atoms with van der Waals surface area (Å²) >= 11 is 0. The number of hydrogen-bond acceptors (Lipinski definition) is 6. The highest BCUT2D eigenvalue weighted by Gasteiger charge is 2.53. The third kappa shape index (κ3) is 2.17. The van der Waals surface area contributed by atoms with E-state index in [1.165, 1.54) is 11.5 Å². The number of H-pyrrole nitrogens is 1. The van der Waals surface area contributed by atoms with E-state index >= 15 is 0 Å². The van der Waals surface area contributed by atoms with Gasteiger partial charge in [-0.3, -0.25) is 0 Å². The van der Waals surface area contributed by atoms with Crippen LogP contribution in [-0.2, 0) is 4.74 Å². The van der Waals surface area contributed by atoms with Gasteiger partial charge >= 0.3 is 0 Å². The molecule has 26 heavy (non-hydrogen) atoms. The largest absolute Gasteiger partial charge is 0.394 e. The fourth-order valence-electron chi connectivity index (χ4n) is 3.42. The van der Waals surface area contributed by atoms with Crippen LogP contribution >= 0.6 is 0 Å². The number of aromatic amines is 1. The van der Waals surface area contributed by atoms with Crippen molar-refractivity contribution < 1.29 is 21.4 Å². The maximum Gasteiger partial charge on any atom is 0.198 e. The van der Waals surface area contributed by atoms with Gasteiger partial charge < -0.3 is 29.6 Å². The minimum absolute atomic E-state index is 0.257. The van der Waals surface area contributed by atoms with Crippen LogP contribution in [0.25, 0.3) is 33.5 Å². The first kappa shape index (κ1) is 15.5. The monoisotopic (exact) mass is 357 g/mol. The zero-order valence-corrected chi connectivity index (χ0v) is 13.8. The van der Waals surface area contributed by atoms with Crippen LogP contribution in [0, 0.1) is 6.57 Å². The van der Waals surface area contributed by atoms with Crippen LogP contribution in [0.1, 0.15) is 14.5 Å². The van der Waals surface area contributed by atoms with Gasteiger partial charge in [-0.15, -0.1) is 0 Å². The Morgan fingerprint density at radius 2 is 2.35 bits per heavy atom. The molecule has 0 radical (unpaired) electrons. The molecule has 4 atom stereocenters. The smallest absolute Gasteiger partial charge is 0.198 e. The molecule has 1 saturated heterocycles. The van der Waals surface area contributed by atoms with E-state index in [9.17, 15) is 15.3 Å². The summed E-state index contributed by atoms with van der Waals surface area (Å²) in [5.41, 5.74) is -0.871. The molecule has 4 N–H and O–H groups in total. The highest BCUT2D eigenvalue weighted by atomic mass is 16.6. The minimum Gasteiger partial charge on any atom is -0.394 e. The first-order chi connectivity index (χ1) is 12.8. The van der Waals surface area contributed by atoms with E-state index in [1.54, 1.807) is 12.3 Å². The summed E-state index contributed by atoms with van der Waals surface area (Å²) in [7, 11) is 0. The number of aliphatic hydroxyl groups is 3. The van der Waals surface area contributed by atoms with Gasteiger partial charge in [-0.1, -0.05) is 6.58 Å². The zero-order valence-electron chi connectivity index (χ0n) is 14.8. The Bertz CT molecular complexity index is 1160. The van der Waals surface area contributed by atoms with Crippen molar-refractivity contribution in [3.63, 3.8) is 0 Å². The van der Waals surface area contributed by atoms with E-state index in [0.717, 1.165) is 0 Å². The van der Waals surface area contributed by atoms with Crippen molar-refractivity contribution in [1.82, 2.24) is 19.5 Å². The Morgan fingerprint density at radius 1 is 1.58 bits per heavy atom. The molecule has 9 nitrogen and oxygen atoms in total. The van der Waals surface area contributed by atoms with Crippen molar-refractivity contribution in [3.05, 3.63) is 35.3 Å². The summed E-state index contributed by atoms with van der Waals surface area (Å²) in [6.45, 7) is 12.2. The second-order valence-corrected chi connectivity index (χ2v) is 6.49. The Labute approximate surface area is 149 Å². The van der Waals surface area contributed by atoms with Crippen LogP contribution in [-0.4, -0.2) is 59.3 Å². The van der Waals surface area contributed by atoms with Gasteiger partial charge in [0.05, 0.1) is 18.6 Å². The lowest BCUT2D eigenvalue weighted by Crippen LogP contribution is -2.44. The van der Waals surface area contributed by atoms with E-state index in [1.807, 2.05) is 0 Å². The van der Waals surface area contributed by atoms with Crippen LogP contribution in [0.4, 0.5) is 5.69 Å². The molecule has 134 valence electrons. The van der Waals surface area contributed by atoms with Crippen molar-refractivity contribution in [2.24, 2.45) is 0 Å². The number of nitrogens with one attached hydrogen (secondary N) is 1. The van der Waals surface area contributed by atoms with Crippen molar-refractivity contribution in [3.8, 4) is 0 Å². The number of hydrogen-bond donors (Lipinski definition) is 4. The van der Waals surface area contributed by atoms with Crippen LogP contribution in [0.3, 0.4) is 0 Å². The standard InChI is InChI=1S/C17H17N5O4/c1-8-4-10(18-3)9-5-22(15-12(9)14(21-8)19-7-20-15)16-17(2,25)13(24)11(6-23)26-16/h4-5,7,11,13,16,23-25H,1,6H2,2H3,(H,19,20,21)/t11-,13-,16-,17?/m1/s1/i7T. The maximum atomic E-state index is 10.8. The fraction of sp³-hybridized carbons (Fsp3) is 0.353. The van der Waals surface area contributed by atoms with Crippen LogP contribution < -0.4 is 5.35 Å². The van der Waals surface area contributed by atoms with Crippen molar-refractivity contribution in [2.45, 2.75) is 31.0 Å². The molecule has 1 unspecified atom stereocenters. The fourth-order valence-corrected chi connectivity index (χ4v) is 3.42. The van der Waals surface area contributed by atoms with Gasteiger partial charge in [0, 0.05) is 16.9 Å². The highest BCUT2D eigenvalue weighted by Crippen LogP contribution is 2.41. The number of ether oxygens (including phenoxy) is 1. The van der Waals surface area contributed by atoms with Crippen molar-refractivity contribution in [1.29, 1.82) is 0 Å². The first-order valence-corrected chi connectivity index (χ1v) is 7.89. The molecule has 0 bridgehead atoms. The molecule has 0 spiro atoms. The molecule has 3 aromatic rings. The summed E-state index contributed by atoms with van der Waals surface area (Å²) in [5, 5.41) is 31.9. The molecule has 0 saturated carbocycles. The Hall–Kier alpha value is -2.77. The molecule has 4 rings (SSSR count). The van der Waals surface area contributed by atoms with Gasteiger partial charge in [0.1, 0.15) is 36.8 Å². The predicted molar refractivity (Wildman–Crippen MR) is 92.8 cm³/mol. The van der Waals surface area contributed by atoms with Gasteiger partial charge in [-0.2, -0.15) is 0 Å². The molecule has 1 aliphatic rings. The molecule has 1 fully saturated rings. The number of rotatable bonds is 2. The van der Waals surface area contributed by atoms with Crippen molar-refractivity contribution in [2.75, 3.05) is 6.61 Å². The van der Waals surface area contributed by atoms with Gasteiger partial charge in [-0.25, -0.2) is 14.8 Å². The second kappa shape index (κ2) is 5.62. The molecule has 1 aliphatic heterocycles. The number of aromatic nitrogens is 4. The zero-order chi connectivity index (χ0) is 19.5. The van der Waals surface area contributed by atoms with E-state index in [-0.39, 0.29) is 17.6 Å². The summed E-state index contributed by atoms with van der Waals surface area (Å²) in [5.74, 6) is 0. The van der Waals surface area contributed by atoms with Gasteiger partial charge in [0.15, 0.2) is 11.9 Å². The van der Waals surface area contributed by atoms with Crippen molar-refractivity contribution >= 4 is 34.3 Å². The molecule has 0 amide bonds. The van der Waals surface area contributed by atoms with Gasteiger partial charge in [0.25, 0.3) is 0 Å². The van der Waals surface area contributed by atoms with E-state index in [0.29, 0.717) is 21.8 Å². The Morgan fingerprint density at radius 3 is 3.00 bits per heavy atom. The topological polar surface area (TPSA) is 121 Å². The average Bonchev–Trinajstić information content (AvgIpc) is 3.03. The molecule has 9 heteroatoms. The minimum atomic E-state index is -1.73. The van der Waals surface area contributed by atoms with E-state index in [2.05, 4.69) is 26.4 Å². The van der Waals surface area contributed by atoms with E-state index < -0.39 is 30.6 Å². The molecule has 4 heterocycles. The molecule has 0 aromatic carbocycles. The Balaban J connectivity index is 2.09. The third-order valence-corrected chi connectivity index (χ3v) is 4.73. The second-order valence-electron chi connectivity index (χ2n) is 6.49. The van der Waals surface area contributed by atoms with E-state index in [4.69, 9.17) is 12.7 Å². The van der Waals surface area contributed by atoms with Crippen LogP contribution in [0.2, 0.25) is 0 Å². The lowest BCUT2D eigenvalue weighted by Gasteiger charge is -2.27. The predicted octanol–water partition coefficient (Wildman–Crippen LogP) is 0.156. The average molecular weight is 357 g/mol. The molecule has 3 aromatic heterocycles. The summed E-state index contributed by atoms with van der Waals surface area (Å²) < 4.78 is 15.0. The number of nitrogens with zero attached hydrogens (tertiary/aromatic N) is 4. The SMILES string of the molecule is [3H]c1nc2[nH]c(=C)cc([N+]#[C-])c3cn([C@@H]4O[C@H](CO)[C@@H](O)C4(C)O)c(n1)c23.